The number of carbonyl (C=O) groups excluding carboxylic acids is 1. The molecule has 1 heterocycles. The zero-order valence-corrected chi connectivity index (χ0v) is 12.1. The number of nitrogens with one attached hydrogen (secondary N) is 2. The molecule has 0 atom stereocenters. The third-order valence-electron chi connectivity index (χ3n) is 3.03. The van der Waals surface area contributed by atoms with Crippen LogP contribution in [0.5, 0.6) is 0 Å². The van der Waals surface area contributed by atoms with Crippen LogP contribution in [-0.2, 0) is 21.4 Å². The van der Waals surface area contributed by atoms with Crippen LogP contribution in [-0.4, -0.2) is 27.9 Å². The van der Waals surface area contributed by atoms with Gasteiger partial charge in [0.25, 0.3) is 10.2 Å². The van der Waals surface area contributed by atoms with Crippen molar-refractivity contribution in [2.24, 2.45) is 0 Å². The smallest absolute Gasteiger partial charge is 0.299 e. The van der Waals surface area contributed by atoms with Crippen LogP contribution < -0.4 is 14.3 Å². The van der Waals surface area contributed by atoms with E-state index in [4.69, 9.17) is 0 Å². The highest BCUT2D eigenvalue weighted by molar-refractivity contribution is 7.90. The van der Waals surface area contributed by atoms with E-state index in [0.717, 1.165) is 6.07 Å². The lowest BCUT2D eigenvalue weighted by Gasteiger charge is -2.13. The molecule has 1 aromatic carbocycles. The molecule has 0 unspecified atom stereocenters. The van der Waals surface area contributed by atoms with E-state index in [9.17, 15) is 17.6 Å². The van der Waals surface area contributed by atoms with E-state index in [2.05, 4.69) is 9.44 Å². The molecule has 2 rings (SSSR count). The van der Waals surface area contributed by atoms with Crippen LogP contribution in [0.1, 0.15) is 18.9 Å². The highest BCUT2D eigenvalue weighted by Gasteiger charge is 2.26. The Morgan fingerprint density at radius 2 is 2.10 bits per heavy atom. The quantitative estimate of drug-likeness (QED) is 0.851. The van der Waals surface area contributed by atoms with Gasteiger partial charge in [-0.2, -0.15) is 13.1 Å². The number of hydrogen-bond acceptors (Lipinski definition) is 3. The highest BCUT2D eigenvalue weighted by atomic mass is 32.2. The van der Waals surface area contributed by atoms with Crippen LogP contribution >= 0.6 is 0 Å². The number of carbonyl (C=O) groups is 1. The minimum absolute atomic E-state index is 0.142. The van der Waals surface area contributed by atoms with Gasteiger partial charge in [0.15, 0.2) is 0 Å². The van der Waals surface area contributed by atoms with Gasteiger partial charge in [-0.15, -0.1) is 0 Å². The number of fused-ring (bicyclic) bond motifs is 1. The van der Waals surface area contributed by atoms with E-state index in [1.165, 1.54) is 11.0 Å². The number of benzene rings is 1. The molecule has 0 bridgehead atoms. The molecular weight excluding hydrogens is 285 g/mol. The summed E-state index contributed by atoms with van der Waals surface area (Å²) in [5.74, 6) is -0.865. The van der Waals surface area contributed by atoms with Gasteiger partial charge in [-0.05, 0) is 18.1 Å². The molecule has 0 fully saturated rings. The van der Waals surface area contributed by atoms with Crippen molar-refractivity contribution in [1.82, 2.24) is 4.72 Å². The lowest BCUT2D eigenvalue weighted by molar-refractivity contribution is -0.117. The van der Waals surface area contributed by atoms with E-state index in [1.807, 2.05) is 6.92 Å². The molecule has 8 heteroatoms. The fourth-order valence-electron chi connectivity index (χ4n) is 1.97. The summed E-state index contributed by atoms with van der Waals surface area (Å²) in [7, 11) is -2.25. The number of hydrogen-bond donors (Lipinski definition) is 2. The maximum Gasteiger partial charge on any atom is 0.299 e. The summed E-state index contributed by atoms with van der Waals surface area (Å²) in [6.07, 6.45) is 0.774. The number of likely N-dealkylation sites (N-methyl/N-ethyl adjacent to an activating group) is 1. The summed E-state index contributed by atoms with van der Waals surface area (Å²) in [6, 6.07) is 2.52. The van der Waals surface area contributed by atoms with Gasteiger partial charge in [0.05, 0.1) is 17.8 Å². The second-order valence-electron chi connectivity index (χ2n) is 4.59. The van der Waals surface area contributed by atoms with E-state index in [0.29, 0.717) is 17.7 Å². The maximum atomic E-state index is 13.9. The minimum atomic E-state index is -3.80. The van der Waals surface area contributed by atoms with Crippen molar-refractivity contribution in [2.75, 3.05) is 23.2 Å². The van der Waals surface area contributed by atoms with Gasteiger partial charge in [-0.25, -0.2) is 4.39 Å². The van der Waals surface area contributed by atoms with Crippen LogP contribution in [0.15, 0.2) is 12.1 Å². The Balaban J connectivity index is 2.27. The van der Waals surface area contributed by atoms with Crippen molar-refractivity contribution in [3.05, 3.63) is 23.5 Å². The molecule has 1 aliphatic rings. The van der Waals surface area contributed by atoms with Gasteiger partial charge in [0, 0.05) is 19.7 Å². The molecule has 20 heavy (non-hydrogen) atoms. The molecule has 0 radical (unpaired) electrons. The van der Waals surface area contributed by atoms with Crippen LogP contribution in [0, 0.1) is 5.82 Å². The molecule has 0 saturated heterocycles. The van der Waals surface area contributed by atoms with E-state index >= 15 is 0 Å². The van der Waals surface area contributed by atoms with Crippen molar-refractivity contribution in [2.45, 2.75) is 19.8 Å². The molecule has 6 nitrogen and oxygen atoms in total. The second kappa shape index (κ2) is 5.37. The first-order valence-corrected chi connectivity index (χ1v) is 7.68. The predicted octanol–water partition coefficient (Wildman–Crippen LogP) is 1.00. The fraction of sp³-hybridized carbons (Fsp3) is 0.417. The average molecular weight is 301 g/mol. The summed E-state index contributed by atoms with van der Waals surface area (Å²) >= 11 is 0. The Morgan fingerprint density at radius 1 is 1.40 bits per heavy atom. The molecule has 1 aromatic rings. The first-order chi connectivity index (χ1) is 9.34. The Morgan fingerprint density at radius 3 is 2.75 bits per heavy atom. The third kappa shape index (κ3) is 2.91. The lowest BCUT2D eigenvalue weighted by Crippen LogP contribution is -2.31. The normalized spacial score (nSPS) is 14.6. The summed E-state index contributed by atoms with van der Waals surface area (Å²) in [6.45, 7) is 2.09. The van der Waals surface area contributed by atoms with Crippen molar-refractivity contribution >= 4 is 27.5 Å². The van der Waals surface area contributed by atoms with E-state index < -0.39 is 16.0 Å². The third-order valence-corrected chi connectivity index (χ3v) is 4.10. The molecule has 2 N–H and O–H groups in total. The minimum Gasteiger partial charge on any atom is -0.315 e. The maximum absolute atomic E-state index is 13.9. The fourth-order valence-corrected chi connectivity index (χ4v) is 2.96. The van der Waals surface area contributed by atoms with Crippen molar-refractivity contribution in [3.8, 4) is 0 Å². The van der Waals surface area contributed by atoms with Gasteiger partial charge >= 0.3 is 0 Å². The number of amides is 1. The van der Waals surface area contributed by atoms with Gasteiger partial charge in [0.1, 0.15) is 5.82 Å². The molecule has 0 spiro atoms. The summed E-state index contributed by atoms with van der Waals surface area (Å²) in [5, 5.41) is 0. The van der Waals surface area contributed by atoms with Gasteiger partial charge < -0.3 is 4.90 Å². The molecule has 0 saturated carbocycles. The summed E-state index contributed by atoms with van der Waals surface area (Å²) < 4.78 is 41.7. The molecule has 1 aliphatic heterocycles. The van der Waals surface area contributed by atoms with Crippen molar-refractivity contribution < 1.29 is 17.6 Å². The van der Waals surface area contributed by atoms with Crippen LogP contribution in [0.3, 0.4) is 0 Å². The van der Waals surface area contributed by atoms with E-state index in [1.54, 1.807) is 7.05 Å². The first kappa shape index (κ1) is 14.7. The zero-order chi connectivity index (χ0) is 14.9. The van der Waals surface area contributed by atoms with E-state index in [-0.39, 0.29) is 24.6 Å². The number of halogens is 1. The Bertz CT molecular complexity index is 646. The first-order valence-electron chi connectivity index (χ1n) is 6.20. The lowest BCUT2D eigenvalue weighted by atomic mass is 10.1. The standard InChI is InChI=1S/C12H16FN3O3S/c1-3-4-14-20(18,19)15-10-5-8-6-12(17)16(2)11(8)7-9(10)13/h5,7,14-15H,3-4,6H2,1-2H3. The van der Waals surface area contributed by atoms with Crippen LogP contribution in [0.25, 0.3) is 0 Å². The monoisotopic (exact) mass is 301 g/mol. The van der Waals surface area contributed by atoms with Gasteiger partial charge in [0.2, 0.25) is 5.91 Å². The molecule has 1 amide bonds. The number of nitrogens with zero attached hydrogens (tertiary/aromatic N) is 1. The molecule has 110 valence electrons. The number of rotatable bonds is 5. The Hall–Kier alpha value is -1.67. The Kier molecular flexibility index (Phi) is 3.96. The van der Waals surface area contributed by atoms with Gasteiger partial charge in [-0.1, -0.05) is 6.92 Å². The molecule has 0 aliphatic carbocycles. The van der Waals surface area contributed by atoms with Crippen molar-refractivity contribution in [1.29, 1.82) is 0 Å². The predicted molar refractivity (Wildman–Crippen MR) is 74.4 cm³/mol. The van der Waals surface area contributed by atoms with Crippen LogP contribution in [0.4, 0.5) is 15.8 Å². The summed E-state index contributed by atoms with van der Waals surface area (Å²) in [5.41, 5.74) is 0.916. The van der Waals surface area contributed by atoms with Crippen LogP contribution in [0.2, 0.25) is 0 Å². The molecular formula is C12H16FN3O3S. The topological polar surface area (TPSA) is 78.5 Å². The van der Waals surface area contributed by atoms with Crippen molar-refractivity contribution in [3.63, 3.8) is 0 Å². The number of anilines is 2. The highest BCUT2D eigenvalue weighted by Crippen LogP contribution is 2.32. The zero-order valence-electron chi connectivity index (χ0n) is 11.2. The Labute approximate surface area is 117 Å². The SMILES string of the molecule is CCCNS(=O)(=O)Nc1cc2c(cc1F)N(C)C(=O)C2. The molecule has 0 aromatic heterocycles. The second-order valence-corrected chi connectivity index (χ2v) is 6.09. The van der Waals surface area contributed by atoms with Gasteiger partial charge in [-0.3, -0.25) is 9.52 Å². The largest absolute Gasteiger partial charge is 0.315 e. The average Bonchev–Trinajstić information content (AvgIpc) is 2.63. The summed E-state index contributed by atoms with van der Waals surface area (Å²) in [4.78, 5) is 12.9.